The number of nitrogens with zero attached hydrogens (tertiary/aromatic N) is 6. The van der Waals surface area contributed by atoms with E-state index >= 15 is 0 Å². The average Bonchev–Trinajstić information content (AvgIpc) is 3.38. The number of benzene rings is 2. The normalized spacial score (nSPS) is 22.0. The highest BCUT2D eigenvalue weighted by molar-refractivity contribution is 5.95. The van der Waals surface area contributed by atoms with E-state index in [9.17, 15) is 10.1 Å². The Bertz CT molecular complexity index is 1380. The van der Waals surface area contributed by atoms with Crippen molar-refractivity contribution in [3.8, 4) is 6.07 Å². The van der Waals surface area contributed by atoms with Crippen molar-refractivity contribution in [3.05, 3.63) is 65.4 Å². The molecule has 0 unspecified atom stereocenters. The molecular weight excluding hydrogens is 474 g/mol. The SMILES string of the molecule is C[C@@H]1CN(c2ccc(C#N)c3ncccc23)C[C@H](C)N1CC(=O)N1Cc2ccc(N3CCNCC3)cc2C1. The molecule has 1 N–H and O–H groups in total. The predicted molar refractivity (Wildman–Crippen MR) is 150 cm³/mol. The third-order valence-corrected chi connectivity index (χ3v) is 8.37. The van der Waals surface area contributed by atoms with Gasteiger partial charge in [-0.25, -0.2) is 0 Å². The number of amides is 1. The van der Waals surface area contributed by atoms with Crippen LogP contribution in [0.15, 0.2) is 48.7 Å². The van der Waals surface area contributed by atoms with E-state index in [0.717, 1.165) is 55.9 Å². The largest absolute Gasteiger partial charge is 0.369 e. The summed E-state index contributed by atoms with van der Waals surface area (Å²) in [7, 11) is 0. The average molecular weight is 510 g/mol. The van der Waals surface area contributed by atoms with E-state index < -0.39 is 0 Å². The summed E-state index contributed by atoms with van der Waals surface area (Å²) in [6.45, 7) is 12.0. The first-order chi connectivity index (χ1) is 18.5. The van der Waals surface area contributed by atoms with Gasteiger partial charge in [0.2, 0.25) is 5.91 Å². The predicted octanol–water partition coefficient (Wildman–Crippen LogP) is 2.96. The molecule has 38 heavy (non-hydrogen) atoms. The standard InChI is InChI=1S/C30H35N7O/c1-21-16-35(28-8-6-23(15-31)30-27(28)4-3-9-33-30)17-22(2)37(21)20-29(38)36-18-24-5-7-26(14-25(24)19-36)34-12-10-32-11-13-34/h3-9,14,21-22,32H,10-13,16-20H2,1-2H3/t21-,22+. The molecular formula is C30H35N7O. The molecule has 196 valence electrons. The molecule has 0 bridgehead atoms. The van der Waals surface area contributed by atoms with Crippen LogP contribution in [-0.2, 0) is 17.9 Å². The number of aromatic nitrogens is 1. The molecule has 1 aromatic heterocycles. The van der Waals surface area contributed by atoms with Crippen LogP contribution < -0.4 is 15.1 Å². The summed E-state index contributed by atoms with van der Waals surface area (Å²) in [5.74, 6) is 0.199. The Balaban J connectivity index is 1.12. The van der Waals surface area contributed by atoms with Gasteiger partial charge in [-0.3, -0.25) is 14.7 Å². The Labute approximate surface area is 224 Å². The van der Waals surface area contributed by atoms with Crippen LogP contribution in [0.25, 0.3) is 10.9 Å². The van der Waals surface area contributed by atoms with Crippen molar-refractivity contribution in [1.29, 1.82) is 5.26 Å². The van der Waals surface area contributed by atoms with E-state index in [2.05, 4.69) is 63.1 Å². The van der Waals surface area contributed by atoms with Crippen LogP contribution in [0, 0.1) is 11.3 Å². The zero-order chi connectivity index (χ0) is 26.2. The van der Waals surface area contributed by atoms with E-state index in [4.69, 9.17) is 0 Å². The number of rotatable bonds is 4. The summed E-state index contributed by atoms with van der Waals surface area (Å²) in [4.78, 5) is 27.1. The lowest BCUT2D eigenvalue weighted by Gasteiger charge is -2.45. The second-order valence-electron chi connectivity index (χ2n) is 10.9. The van der Waals surface area contributed by atoms with Gasteiger partial charge in [-0.15, -0.1) is 0 Å². The Morgan fingerprint density at radius 3 is 2.55 bits per heavy atom. The number of fused-ring (bicyclic) bond motifs is 2. The molecule has 1 amide bonds. The van der Waals surface area contributed by atoms with Crippen LogP contribution in [0.3, 0.4) is 0 Å². The Morgan fingerprint density at radius 2 is 1.79 bits per heavy atom. The summed E-state index contributed by atoms with van der Waals surface area (Å²) in [6, 6.07) is 17.3. The Hall–Kier alpha value is -3.67. The van der Waals surface area contributed by atoms with Crippen molar-refractivity contribution < 1.29 is 4.79 Å². The highest BCUT2D eigenvalue weighted by atomic mass is 16.2. The maximum absolute atomic E-state index is 13.5. The van der Waals surface area contributed by atoms with E-state index in [1.54, 1.807) is 6.20 Å². The van der Waals surface area contributed by atoms with E-state index in [1.807, 2.05) is 29.2 Å². The summed E-state index contributed by atoms with van der Waals surface area (Å²) in [6.07, 6.45) is 1.74. The molecule has 4 heterocycles. The van der Waals surface area contributed by atoms with Crippen LogP contribution in [0.5, 0.6) is 0 Å². The van der Waals surface area contributed by atoms with Gasteiger partial charge in [0.1, 0.15) is 6.07 Å². The number of pyridine rings is 1. The quantitative estimate of drug-likeness (QED) is 0.579. The zero-order valence-electron chi connectivity index (χ0n) is 22.2. The van der Waals surface area contributed by atoms with E-state index in [1.165, 1.54) is 16.8 Å². The third-order valence-electron chi connectivity index (χ3n) is 8.37. The molecule has 3 aliphatic heterocycles. The molecule has 2 fully saturated rings. The van der Waals surface area contributed by atoms with Crippen molar-refractivity contribution in [2.45, 2.75) is 39.0 Å². The summed E-state index contributed by atoms with van der Waals surface area (Å²) in [5.41, 5.74) is 6.27. The number of nitrogens with one attached hydrogen (secondary N) is 1. The number of carbonyl (C=O) groups is 1. The van der Waals surface area contributed by atoms with Crippen molar-refractivity contribution >= 4 is 28.2 Å². The lowest BCUT2D eigenvalue weighted by atomic mass is 10.0. The summed E-state index contributed by atoms with van der Waals surface area (Å²) in [5, 5.41) is 13.9. The lowest BCUT2D eigenvalue weighted by Crippen LogP contribution is -2.58. The lowest BCUT2D eigenvalue weighted by molar-refractivity contribution is -0.134. The molecule has 6 rings (SSSR count). The van der Waals surface area contributed by atoms with E-state index in [0.29, 0.717) is 25.2 Å². The molecule has 0 radical (unpaired) electrons. The molecule has 2 aromatic carbocycles. The minimum atomic E-state index is 0.199. The topological polar surface area (TPSA) is 78.7 Å². The van der Waals surface area contributed by atoms with Crippen molar-refractivity contribution in [2.24, 2.45) is 0 Å². The molecule has 3 aliphatic rings. The summed E-state index contributed by atoms with van der Waals surface area (Å²) < 4.78 is 0. The number of piperazine rings is 2. The Kier molecular flexibility index (Phi) is 6.64. The highest BCUT2D eigenvalue weighted by Crippen LogP contribution is 2.32. The number of hydrogen-bond donors (Lipinski definition) is 1. The maximum Gasteiger partial charge on any atom is 0.237 e. The molecule has 2 saturated heterocycles. The fraction of sp³-hybridized carbons (Fsp3) is 0.433. The number of anilines is 2. The van der Waals surface area contributed by atoms with Gasteiger partial charge in [0.25, 0.3) is 0 Å². The van der Waals surface area contributed by atoms with Gasteiger partial charge in [0.05, 0.1) is 17.6 Å². The van der Waals surface area contributed by atoms with Gasteiger partial charge >= 0.3 is 0 Å². The molecule has 8 heteroatoms. The molecule has 8 nitrogen and oxygen atoms in total. The van der Waals surface area contributed by atoms with Crippen LogP contribution in [0.4, 0.5) is 11.4 Å². The van der Waals surface area contributed by atoms with E-state index in [-0.39, 0.29) is 18.0 Å². The fourth-order valence-corrected chi connectivity index (χ4v) is 6.32. The number of hydrogen-bond acceptors (Lipinski definition) is 7. The second kappa shape index (κ2) is 10.2. The Morgan fingerprint density at radius 1 is 1.03 bits per heavy atom. The maximum atomic E-state index is 13.5. The zero-order valence-corrected chi connectivity index (χ0v) is 22.2. The molecule has 0 spiro atoms. The minimum Gasteiger partial charge on any atom is -0.369 e. The van der Waals surface area contributed by atoms with Gasteiger partial charge in [-0.2, -0.15) is 5.26 Å². The van der Waals surface area contributed by atoms with Crippen LogP contribution >= 0.6 is 0 Å². The van der Waals surface area contributed by atoms with Crippen molar-refractivity contribution in [1.82, 2.24) is 20.1 Å². The molecule has 3 aromatic rings. The molecule has 0 saturated carbocycles. The van der Waals surface area contributed by atoms with Crippen molar-refractivity contribution in [2.75, 3.05) is 55.6 Å². The van der Waals surface area contributed by atoms with Gasteiger partial charge in [0, 0.05) is 87.4 Å². The van der Waals surface area contributed by atoms with Crippen LogP contribution in [0.2, 0.25) is 0 Å². The second-order valence-corrected chi connectivity index (χ2v) is 10.9. The number of nitriles is 1. The van der Waals surface area contributed by atoms with Gasteiger partial charge in [-0.1, -0.05) is 6.07 Å². The van der Waals surface area contributed by atoms with Crippen LogP contribution in [0.1, 0.15) is 30.5 Å². The molecule has 0 aliphatic carbocycles. The third kappa shape index (κ3) is 4.57. The first-order valence-electron chi connectivity index (χ1n) is 13.7. The fourth-order valence-electron chi connectivity index (χ4n) is 6.32. The first-order valence-corrected chi connectivity index (χ1v) is 13.7. The van der Waals surface area contributed by atoms with Gasteiger partial charge < -0.3 is 20.0 Å². The highest BCUT2D eigenvalue weighted by Gasteiger charge is 2.34. The first kappa shape index (κ1) is 24.7. The number of carbonyl (C=O) groups excluding carboxylic acids is 1. The van der Waals surface area contributed by atoms with Gasteiger partial charge in [0.15, 0.2) is 0 Å². The van der Waals surface area contributed by atoms with Gasteiger partial charge in [-0.05, 0) is 61.4 Å². The van der Waals surface area contributed by atoms with Crippen LogP contribution in [-0.4, -0.2) is 78.6 Å². The van der Waals surface area contributed by atoms with Crippen molar-refractivity contribution in [3.63, 3.8) is 0 Å². The monoisotopic (exact) mass is 509 g/mol. The smallest absolute Gasteiger partial charge is 0.237 e. The molecule has 2 atom stereocenters. The summed E-state index contributed by atoms with van der Waals surface area (Å²) >= 11 is 0. The minimum absolute atomic E-state index is 0.199.